The number of rotatable bonds is 37. The van der Waals surface area contributed by atoms with Crippen molar-refractivity contribution in [1.29, 1.82) is 0 Å². The maximum absolute atomic E-state index is 6.85. The van der Waals surface area contributed by atoms with E-state index in [2.05, 4.69) is 101 Å². The molecule has 0 spiro atoms. The first kappa shape index (κ1) is 49.5. The fourth-order valence-electron chi connectivity index (χ4n) is 5.50. The van der Waals surface area contributed by atoms with Gasteiger partial charge in [-0.15, -0.1) is 0 Å². The minimum Gasteiger partial charge on any atom is -0.415 e. The second-order valence-corrected chi connectivity index (χ2v) is 23.4. The Bertz CT molecular complexity index is 1100. The molecule has 0 heterocycles. The van der Waals surface area contributed by atoms with Crippen molar-refractivity contribution >= 4 is 27.0 Å². The molecule has 2 rings (SSSR count). The van der Waals surface area contributed by atoms with Gasteiger partial charge in [0.2, 0.25) is 0 Å². The molecule has 0 aliphatic rings. The lowest BCUT2D eigenvalue weighted by atomic mass is 10.2. The number of ether oxygens (including phenoxy) is 10. The molecular formula is C41H72O12Si2. The lowest BCUT2D eigenvalue weighted by Gasteiger charge is -2.43. The van der Waals surface area contributed by atoms with E-state index in [0.717, 1.165) is 0 Å². The summed E-state index contributed by atoms with van der Waals surface area (Å²) in [6.07, 6.45) is 0. The topological polar surface area (TPSA) is 111 Å². The van der Waals surface area contributed by atoms with Crippen LogP contribution in [0.15, 0.2) is 60.7 Å². The van der Waals surface area contributed by atoms with E-state index in [1.165, 1.54) is 10.4 Å². The van der Waals surface area contributed by atoms with Gasteiger partial charge in [-0.1, -0.05) is 81.4 Å². The summed E-state index contributed by atoms with van der Waals surface area (Å²) in [5, 5.41) is 2.48. The normalized spacial score (nSPS) is 12.5. The van der Waals surface area contributed by atoms with Crippen LogP contribution in [0.1, 0.15) is 20.8 Å². The highest BCUT2D eigenvalue weighted by molar-refractivity contribution is 6.99. The predicted octanol–water partition coefficient (Wildman–Crippen LogP) is 4.58. The highest BCUT2D eigenvalue weighted by Gasteiger charge is 2.50. The Morgan fingerprint density at radius 3 is 0.764 bits per heavy atom. The van der Waals surface area contributed by atoms with Crippen LogP contribution in [-0.4, -0.2) is 162 Å². The van der Waals surface area contributed by atoms with Crippen molar-refractivity contribution in [3.05, 3.63) is 60.7 Å². The van der Waals surface area contributed by atoms with Crippen LogP contribution in [0.4, 0.5) is 0 Å². The first-order chi connectivity index (χ1) is 26.7. The zero-order chi connectivity index (χ0) is 39.8. The largest absolute Gasteiger partial charge is 0.415 e. The Labute approximate surface area is 333 Å². The third-order valence-electron chi connectivity index (χ3n) is 8.07. The highest BCUT2D eigenvalue weighted by atomic mass is 28.4. The van der Waals surface area contributed by atoms with Crippen LogP contribution < -0.4 is 10.4 Å². The zero-order valence-corrected chi connectivity index (χ0v) is 36.7. The average Bonchev–Trinajstić information content (AvgIpc) is 3.16. The third kappa shape index (κ3) is 24.0. The summed E-state index contributed by atoms with van der Waals surface area (Å²) in [6, 6.07) is 21.3. The van der Waals surface area contributed by atoms with E-state index in [1.54, 1.807) is 0 Å². The van der Waals surface area contributed by atoms with E-state index in [9.17, 15) is 0 Å². The summed E-state index contributed by atoms with van der Waals surface area (Å²) in [5.41, 5.74) is 0. The van der Waals surface area contributed by atoms with Gasteiger partial charge in [-0.05, 0) is 35.1 Å². The SMILES string of the molecule is CC(C)(C)[Si](OCCOCCOCCOCCOCCOCCOCCOCCOCCOCCOCCO[Si](C)(C)C)(c1ccccc1)c1ccccc1. The molecule has 0 aliphatic heterocycles. The zero-order valence-electron chi connectivity index (χ0n) is 34.7. The summed E-state index contributed by atoms with van der Waals surface area (Å²) in [6.45, 7) is 24.9. The van der Waals surface area contributed by atoms with Gasteiger partial charge in [0.05, 0.1) is 145 Å². The van der Waals surface area contributed by atoms with Crippen LogP contribution in [0.25, 0.3) is 0 Å². The van der Waals surface area contributed by atoms with E-state index in [4.69, 9.17) is 56.2 Å². The predicted molar refractivity (Wildman–Crippen MR) is 221 cm³/mol. The van der Waals surface area contributed by atoms with Crippen molar-refractivity contribution in [3.8, 4) is 0 Å². The Morgan fingerprint density at radius 2 is 0.545 bits per heavy atom. The number of hydrogen-bond donors (Lipinski definition) is 0. The Balaban J connectivity index is 1.30. The molecule has 0 amide bonds. The van der Waals surface area contributed by atoms with Crippen molar-refractivity contribution in [3.63, 3.8) is 0 Å². The highest BCUT2D eigenvalue weighted by Crippen LogP contribution is 2.36. The van der Waals surface area contributed by atoms with Gasteiger partial charge >= 0.3 is 0 Å². The minimum atomic E-state index is -2.54. The molecule has 0 radical (unpaired) electrons. The third-order valence-corrected chi connectivity index (χ3v) is 14.2. The Hall–Kier alpha value is -1.61. The number of hydrogen-bond acceptors (Lipinski definition) is 12. The van der Waals surface area contributed by atoms with Gasteiger partial charge in [0.25, 0.3) is 8.32 Å². The fourth-order valence-corrected chi connectivity index (χ4v) is 10.7. The standard InChI is InChI=1S/C41H72O12Si2/c1-41(2,3)55(39-13-9-7-10-14-39,40-15-11-8-12-16-40)53-38-36-51-34-32-49-30-28-47-26-24-45-22-20-43-18-17-42-19-21-44-23-25-46-27-29-48-31-33-50-35-37-52-54(4,5)6/h7-16H,17-38H2,1-6H3. The quantitative estimate of drug-likeness (QED) is 0.0704. The summed E-state index contributed by atoms with van der Waals surface area (Å²) in [5.74, 6) is 0. The van der Waals surface area contributed by atoms with Crippen LogP contribution in [0.2, 0.25) is 24.7 Å². The smallest absolute Gasteiger partial charge is 0.261 e. The Kier molecular flexibility index (Phi) is 28.3. The van der Waals surface area contributed by atoms with E-state index < -0.39 is 16.6 Å². The van der Waals surface area contributed by atoms with Crippen LogP contribution in [0.5, 0.6) is 0 Å². The number of benzene rings is 2. The molecule has 55 heavy (non-hydrogen) atoms. The van der Waals surface area contributed by atoms with Gasteiger partial charge in [0.1, 0.15) is 0 Å². The molecule has 0 atom stereocenters. The molecule has 14 heteroatoms. The molecule has 0 aliphatic carbocycles. The molecule has 0 bridgehead atoms. The second kappa shape index (κ2) is 31.4. The lowest BCUT2D eigenvalue weighted by molar-refractivity contribution is -0.0270. The van der Waals surface area contributed by atoms with Crippen LogP contribution in [-0.2, 0) is 56.2 Å². The summed E-state index contributed by atoms with van der Waals surface area (Å²) >= 11 is 0. The molecule has 0 saturated carbocycles. The second-order valence-electron chi connectivity index (χ2n) is 14.6. The molecule has 0 fully saturated rings. The molecule has 0 N–H and O–H groups in total. The fraction of sp³-hybridized carbons (Fsp3) is 0.707. The maximum Gasteiger partial charge on any atom is 0.261 e. The van der Waals surface area contributed by atoms with Crippen molar-refractivity contribution < 1.29 is 56.2 Å². The van der Waals surface area contributed by atoms with Crippen molar-refractivity contribution in [2.75, 3.05) is 145 Å². The molecule has 12 nitrogen and oxygen atoms in total. The molecule has 2 aromatic rings. The van der Waals surface area contributed by atoms with Gasteiger partial charge in [-0.3, -0.25) is 0 Å². The van der Waals surface area contributed by atoms with E-state index >= 15 is 0 Å². The molecular weight excluding hydrogens is 741 g/mol. The first-order valence-electron chi connectivity index (χ1n) is 19.8. The van der Waals surface area contributed by atoms with Gasteiger partial charge < -0.3 is 56.2 Å². The van der Waals surface area contributed by atoms with Crippen LogP contribution in [0, 0.1) is 0 Å². The molecule has 0 saturated heterocycles. The molecule has 0 aromatic heterocycles. The van der Waals surface area contributed by atoms with Gasteiger partial charge in [-0.25, -0.2) is 0 Å². The first-order valence-corrected chi connectivity index (χ1v) is 25.1. The summed E-state index contributed by atoms with van der Waals surface area (Å²) in [7, 11) is -4.00. The minimum absolute atomic E-state index is 0.0562. The maximum atomic E-state index is 6.85. The van der Waals surface area contributed by atoms with Gasteiger partial charge in [-0.2, -0.15) is 0 Å². The molecule has 316 valence electrons. The monoisotopic (exact) mass is 812 g/mol. The van der Waals surface area contributed by atoms with E-state index in [0.29, 0.717) is 145 Å². The molecule has 2 aromatic carbocycles. The van der Waals surface area contributed by atoms with Crippen molar-refractivity contribution in [2.24, 2.45) is 0 Å². The van der Waals surface area contributed by atoms with Gasteiger partial charge in [0, 0.05) is 0 Å². The average molecular weight is 813 g/mol. The van der Waals surface area contributed by atoms with Crippen molar-refractivity contribution in [1.82, 2.24) is 0 Å². The Morgan fingerprint density at radius 1 is 0.327 bits per heavy atom. The summed E-state index contributed by atoms with van der Waals surface area (Å²) < 4.78 is 68.3. The van der Waals surface area contributed by atoms with Crippen LogP contribution >= 0.6 is 0 Å². The van der Waals surface area contributed by atoms with Crippen molar-refractivity contribution in [2.45, 2.75) is 45.5 Å². The lowest BCUT2D eigenvalue weighted by Crippen LogP contribution is -2.66. The van der Waals surface area contributed by atoms with E-state index in [1.807, 2.05) is 0 Å². The van der Waals surface area contributed by atoms with Crippen LogP contribution in [0.3, 0.4) is 0 Å². The van der Waals surface area contributed by atoms with Gasteiger partial charge in [0.15, 0.2) is 8.32 Å². The molecule has 0 unspecified atom stereocenters. The van der Waals surface area contributed by atoms with E-state index in [-0.39, 0.29) is 5.04 Å². The summed E-state index contributed by atoms with van der Waals surface area (Å²) in [4.78, 5) is 0.